The van der Waals surface area contributed by atoms with E-state index in [1.54, 1.807) is 0 Å². The molecule has 0 unspecified atom stereocenters. The molecule has 0 spiro atoms. The molecule has 1 rings (SSSR count). The van der Waals surface area contributed by atoms with Crippen LogP contribution in [0.1, 0.15) is 10.5 Å². The number of carbonyl (C=O) groups is 1. The van der Waals surface area contributed by atoms with Crippen molar-refractivity contribution in [2.75, 3.05) is 0 Å². The van der Waals surface area contributed by atoms with Gasteiger partial charge in [-0.2, -0.15) is 8.78 Å². The van der Waals surface area contributed by atoms with Crippen molar-refractivity contribution in [1.82, 2.24) is 10.3 Å². The smallest absolute Gasteiger partial charge is 0.262 e. The topological polar surface area (TPSA) is 33.2 Å². The molecular formula is C6F6N2O. The molecule has 0 aromatic carbocycles. The monoisotopic (exact) mass is 230 g/mol. The van der Waals surface area contributed by atoms with Crippen molar-refractivity contribution in [2.24, 2.45) is 0 Å². The molecule has 0 aliphatic rings. The van der Waals surface area contributed by atoms with E-state index >= 15 is 0 Å². The molecule has 1 aromatic rings. The number of aromatic nitrogens is 1. The first-order valence-corrected chi connectivity index (χ1v) is 3.22. The maximum absolute atomic E-state index is 12.6. The molecule has 0 bridgehead atoms. The zero-order valence-corrected chi connectivity index (χ0v) is 6.57. The van der Waals surface area contributed by atoms with Gasteiger partial charge in [-0.3, -0.25) is 4.79 Å². The number of rotatable bonds is 1. The fourth-order valence-corrected chi connectivity index (χ4v) is 0.709. The van der Waals surface area contributed by atoms with Crippen molar-refractivity contribution in [2.45, 2.75) is 0 Å². The van der Waals surface area contributed by atoms with Crippen LogP contribution >= 0.6 is 0 Å². The first kappa shape index (κ1) is 11.3. The maximum Gasteiger partial charge on any atom is 0.335 e. The van der Waals surface area contributed by atoms with Crippen molar-refractivity contribution < 1.29 is 31.3 Å². The fourth-order valence-electron chi connectivity index (χ4n) is 0.709. The van der Waals surface area contributed by atoms with Crippen molar-refractivity contribution in [3.63, 3.8) is 0 Å². The van der Waals surface area contributed by atoms with Crippen LogP contribution in [0.3, 0.4) is 0 Å². The average molecular weight is 230 g/mol. The Bertz CT molecular complexity index is 421. The van der Waals surface area contributed by atoms with Gasteiger partial charge in [0.2, 0.25) is 11.6 Å². The highest BCUT2D eigenvalue weighted by molar-refractivity contribution is 5.90. The van der Waals surface area contributed by atoms with E-state index in [9.17, 15) is 31.3 Å². The quantitative estimate of drug-likeness (QED) is 0.419. The van der Waals surface area contributed by atoms with Gasteiger partial charge in [-0.15, -0.1) is 0 Å². The van der Waals surface area contributed by atoms with Gasteiger partial charge in [-0.05, 0) is 0 Å². The lowest BCUT2D eigenvalue weighted by atomic mass is 10.3. The molecule has 1 aromatic heterocycles. The minimum Gasteiger partial charge on any atom is -0.262 e. The summed E-state index contributed by atoms with van der Waals surface area (Å²) in [5.41, 5.74) is -1.84. The molecule has 0 saturated carbocycles. The van der Waals surface area contributed by atoms with Crippen molar-refractivity contribution >= 4 is 5.91 Å². The number of amides is 1. The molecule has 1 heterocycles. The maximum atomic E-state index is 12.6. The Morgan fingerprint density at radius 1 is 1.00 bits per heavy atom. The zero-order valence-electron chi connectivity index (χ0n) is 6.57. The van der Waals surface area contributed by atoms with Gasteiger partial charge in [0.15, 0.2) is 11.5 Å². The molecule has 15 heavy (non-hydrogen) atoms. The molecule has 3 nitrogen and oxygen atoms in total. The summed E-state index contributed by atoms with van der Waals surface area (Å²) in [7, 11) is 0. The number of hydrogen-bond donors (Lipinski definition) is 0. The van der Waals surface area contributed by atoms with Crippen LogP contribution in [-0.2, 0) is 0 Å². The lowest BCUT2D eigenvalue weighted by Crippen LogP contribution is -2.20. The van der Waals surface area contributed by atoms with E-state index in [1.807, 2.05) is 0 Å². The molecule has 0 aliphatic heterocycles. The molecule has 0 aliphatic carbocycles. The van der Waals surface area contributed by atoms with E-state index < -0.39 is 40.3 Å². The second-order valence-corrected chi connectivity index (χ2v) is 2.23. The van der Waals surface area contributed by atoms with E-state index in [-0.39, 0.29) is 0 Å². The summed E-state index contributed by atoms with van der Waals surface area (Å²) in [6.45, 7) is 0. The lowest BCUT2D eigenvalue weighted by Gasteiger charge is -2.03. The fraction of sp³-hybridized carbons (Fsp3) is 0. The van der Waals surface area contributed by atoms with E-state index in [2.05, 4.69) is 4.98 Å². The largest absolute Gasteiger partial charge is 0.335 e. The summed E-state index contributed by atoms with van der Waals surface area (Å²) in [6.07, 6.45) is 0. The summed E-state index contributed by atoms with van der Waals surface area (Å²) in [4.78, 5) is 12.6. The predicted molar refractivity (Wildman–Crippen MR) is 32.5 cm³/mol. The number of hydrogen-bond acceptors (Lipinski definition) is 2. The number of pyridine rings is 1. The first-order valence-electron chi connectivity index (χ1n) is 3.22. The van der Waals surface area contributed by atoms with E-state index in [0.29, 0.717) is 0 Å². The van der Waals surface area contributed by atoms with Crippen LogP contribution in [0.2, 0.25) is 0 Å². The molecule has 0 fully saturated rings. The predicted octanol–water partition coefficient (Wildman–Crippen LogP) is 1.85. The van der Waals surface area contributed by atoms with Gasteiger partial charge in [0, 0.05) is 5.34 Å². The van der Waals surface area contributed by atoms with Gasteiger partial charge in [0.25, 0.3) is 5.95 Å². The van der Waals surface area contributed by atoms with Crippen LogP contribution in [0, 0.1) is 23.4 Å². The molecular weight excluding hydrogens is 230 g/mol. The second-order valence-electron chi connectivity index (χ2n) is 2.23. The van der Waals surface area contributed by atoms with Crippen molar-refractivity contribution in [3.05, 3.63) is 29.1 Å². The van der Waals surface area contributed by atoms with Crippen LogP contribution in [0.25, 0.3) is 0 Å². The molecule has 0 saturated heterocycles. The molecule has 9 heteroatoms. The third-order valence-corrected chi connectivity index (χ3v) is 1.34. The first-order chi connectivity index (χ1) is 6.86. The number of carbonyl (C=O) groups excluding carboxylic acids is 1. The Balaban J connectivity index is 3.39. The summed E-state index contributed by atoms with van der Waals surface area (Å²) < 4.78 is 72.9. The Hall–Kier alpha value is -1.80. The third-order valence-electron chi connectivity index (χ3n) is 1.34. The Morgan fingerprint density at radius 2 is 1.53 bits per heavy atom. The molecule has 82 valence electrons. The number of halogens is 6. The minimum atomic E-state index is -2.38. The zero-order chi connectivity index (χ0) is 11.7. The van der Waals surface area contributed by atoms with E-state index in [1.165, 1.54) is 0 Å². The van der Waals surface area contributed by atoms with Gasteiger partial charge in [0.05, 0.1) is 0 Å². The molecule has 0 radical (unpaired) electrons. The summed E-state index contributed by atoms with van der Waals surface area (Å²) >= 11 is 0. The Labute approximate surface area is 77.8 Å². The van der Waals surface area contributed by atoms with Gasteiger partial charge in [-0.25, -0.2) is 13.8 Å². The Kier molecular flexibility index (Phi) is 2.82. The van der Waals surface area contributed by atoms with E-state index in [4.69, 9.17) is 0 Å². The van der Waals surface area contributed by atoms with Crippen LogP contribution in [0.5, 0.6) is 0 Å². The second kappa shape index (κ2) is 3.75. The average Bonchev–Trinajstić information content (AvgIpc) is 2.19. The minimum absolute atomic E-state index is 1.84. The molecule has 0 N–H and O–H groups in total. The van der Waals surface area contributed by atoms with Gasteiger partial charge in [0.1, 0.15) is 0 Å². The van der Waals surface area contributed by atoms with Crippen LogP contribution in [-0.4, -0.2) is 16.2 Å². The van der Waals surface area contributed by atoms with Crippen molar-refractivity contribution in [3.8, 4) is 0 Å². The normalized spacial score (nSPS) is 10.3. The lowest BCUT2D eigenvalue weighted by molar-refractivity contribution is -0.109. The van der Waals surface area contributed by atoms with E-state index in [0.717, 1.165) is 0 Å². The SMILES string of the molecule is O=C(c1nc(F)c(F)c(F)c1F)N(F)F. The highest BCUT2D eigenvalue weighted by atomic mass is 19.4. The highest BCUT2D eigenvalue weighted by Gasteiger charge is 2.28. The van der Waals surface area contributed by atoms with Gasteiger partial charge >= 0.3 is 5.91 Å². The molecule has 0 atom stereocenters. The van der Waals surface area contributed by atoms with Crippen molar-refractivity contribution in [1.29, 1.82) is 0 Å². The van der Waals surface area contributed by atoms with Gasteiger partial charge < -0.3 is 0 Å². The van der Waals surface area contributed by atoms with Gasteiger partial charge in [-0.1, -0.05) is 8.96 Å². The molecule has 1 amide bonds. The summed E-state index contributed by atoms with van der Waals surface area (Å²) in [5.74, 6) is -11.5. The van der Waals surface area contributed by atoms with Crippen LogP contribution in [0.15, 0.2) is 0 Å². The number of nitrogens with zero attached hydrogens (tertiary/aromatic N) is 2. The van der Waals surface area contributed by atoms with Crippen LogP contribution in [0.4, 0.5) is 26.5 Å². The third kappa shape index (κ3) is 1.85. The highest BCUT2D eigenvalue weighted by Crippen LogP contribution is 2.17. The van der Waals surface area contributed by atoms with Crippen LogP contribution < -0.4 is 0 Å². The Morgan fingerprint density at radius 3 is 2.00 bits per heavy atom. The standard InChI is InChI=1S/C6F6N2O/c7-1-2(8)4(6(15)14(11)12)13-5(10)3(1)9. The summed E-state index contributed by atoms with van der Waals surface area (Å²) in [5, 5.41) is -2.14. The summed E-state index contributed by atoms with van der Waals surface area (Å²) in [6, 6.07) is 0.